The van der Waals surface area contributed by atoms with Crippen molar-refractivity contribution in [2.75, 3.05) is 46.0 Å². The molecular weight excluding hydrogens is 320 g/mol. The normalized spacial score (nSPS) is 26.0. The Morgan fingerprint density at radius 1 is 1.04 bits per heavy atom. The second-order valence-corrected chi connectivity index (χ2v) is 7.39. The fourth-order valence-electron chi connectivity index (χ4n) is 3.96. The molecule has 3 aliphatic heterocycles. The molecule has 3 heterocycles. The summed E-state index contributed by atoms with van der Waals surface area (Å²) in [4.78, 5) is 28.1. The maximum absolute atomic E-state index is 12.7. The zero-order chi connectivity index (χ0) is 17.6. The Kier molecular flexibility index (Phi) is 6.48. The Labute approximate surface area is 150 Å². The molecule has 0 N–H and O–H groups in total. The molecule has 6 heteroatoms. The van der Waals surface area contributed by atoms with Crippen LogP contribution in [0.1, 0.15) is 32.1 Å². The summed E-state index contributed by atoms with van der Waals surface area (Å²) in [5, 5.41) is 0. The van der Waals surface area contributed by atoms with Gasteiger partial charge in [-0.1, -0.05) is 6.58 Å². The molecular formula is C19H30N2O4. The molecule has 0 aliphatic carbocycles. The SMILES string of the molecule is C=CC(=O)N1CCC(C(=O)N2CCC(OCC3CCOC3)CC2)CC1. The summed E-state index contributed by atoms with van der Waals surface area (Å²) >= 11 is 0. The van der Waals surface area contributed by atoms with Crippen LogP contribution in [0.2, 0.25) is 0 Å². The summed E-state index contributed by atoms with van der Waals surface area (Å²) in [6.07, 6.45) is 6.10. The van der Waals surface area contributed by atoms with Crippen LogP contribution in [0, 0.1) is 11.8 Å². The third kappa shape index (κ3) is 4.82. The summed E-state index contributed by atoms with van der Waals surface area (Å²) in [5.41, 5.74) is 0. The van der Waals surface area contributed by atoms with Gasteiger partial charge < -0.3 is 19.3 Å². The first-order valence-corrected chi connectivity index (χ1v) is 9.57. The predicted octanol–water partition coefficient (Wildman–Crippen LogP) is 1.46. The predicted molar refractivity (Wildman–Crippen MR) is 94.0 cm³/mol. The molecule has 2 amide bonds. The number of carbonyl (C=O) groups is 2. The number of rotatable bonds is 5. The van der Waals surface area contributed by atoms with Crippen LogP contribution in [0.3, 0.4) is 0 Å². The third-order valence-electron chi connectivity index (χ3n) is 5.68. The zero-order valence-electron chi connectivity index (χ0n) is 15.0. The van der Waals surface area contributed by atoms with Crippen LogP contribution in [0.5, 0.6) is 0 Å². The van der Waals surface area contributed by atoms with E-state index in [0.717, 1.165) is 65.0 Å². The van der Waals surface area contributed by atoms with Crippen molar-refractivity contribution >= 4 is 11.8 Å². The molecule has 1 atom stereocenters. The van der Waals surface area contributed by atoms with E-state index >= 15 is 0 Å². The highest BCUT2D eigenvalue weighted by Gasteiger charge is 2.32. The molecule has 0 saturated carbocycles. The molecule has 0 spiro atoms. The van der Waals surface area contributed by atoms with Crippen LogP contribution in [-0.2, 0) is 19.1 Å². The standard InChI is InChI=1S/C19H30N2O4/c1-2-18(22)20-8-3-16(4-9-20)19(23)21-10-5-17(6-11-21)25-14-15-7-12-24-13-15/h2,15-17H,1,3-14H2. The Morgan fingerprint density at radius 2 is 1.72 bits per heavy atom. The average Bonchev–Trinajstić information content (AvgIpc) is 3.19. The largest absolute Gasteiger partial charge is 0.381 e. The van der Waals surface area contributed by atoms with Gasteiger partial charge in [0.1, 0.15) is 0 Å². The van der Waals surface area contributed by atoms with Crippen LogP contribution in [-0.4, -0.2) is 73.7 Å². The van der Waals surface area contributed by atoms with E-state index in [1.54, 1.807) is 4.90 Å². The molecule has 0 bridgehead atoms. The molecule has 6 nitrogen and oxygen atoms in total. The highest BCUT2D eigenvalue weighted by molar-refractivity contribution is 5.87. The van der Waals surface area contributed by atoms with Crippen LogP contribution in [0.4, 0.5) is 0 Å². The summed E-state index contributed by atoms with van der Waals surface area (Å²) in [5.74, 6) is 0.829. The molecule has 3 rings (SSSR count). The first-order chi connectivity index (χ1) is 12.2. The Bertz CT molecular complexity index is 474. The average molecular weight is 350 g/mol. The van der Waals surface area contributed by atoms with Gasteiger partial charge in [-0.05, 0) is 38.2 Å². The van der Waals surface area contributed by atoms with Gasteiger partial charge in [0.2, 0.25) is 11.8 Å². The number of ether oxygens (including phenoxy) is 2. The second kappa shape index (κ2) is 8.81. The molecule has 0 aromatic carbocycles. The lowest BCUT2D eigenvalue weighted by atomic mass is 9.94. The number of likely N-dealkylation sites (tertiary alicyclic amines) is 2. The minimum absolute atomic E-state index is 0.0310. The fraction of sp³-hybridized carbons (Fsp3) is 0.789. The highest BCUT2D eigenvalue weighted by Crippen LogP contribution is 2.23. The van der Waals surface area contributed by atoms with Crippen molar-refractivity contribution in [3.05, 3.63) is 12.7 Å². The van der Waals surface area contributed by atoms with Crippen molar-refractivity contribution in [2.24, 2.45) is 11.8 Å². The number of carbonyl (C=O) groups excluding carboxylic acids is 2. The van der Waals surface area contributed by atoms with Gasteiger partial charge in [0.15, 0.2) is 0 Å². The smallest absolute Gasteiger partial charge is 0.245 e. The maximum Gasteiger partial charge on any atom is 0.245 e. The molecule has 140 valence electrons. The summed E-state index contributed by atoms with van der Waals surface area (Å²) in [6.45, 7) is 8.89. The molecule has 3 saturated heterocycles. The van der Waals surface area contributed by atoms with Gasteiger partial charge in [-0.15, -0.1) is 0 Å². The molecule has 0 radical (unpaired) electrons. The van der Waals surface area contributed by atoms with E-state index in [9.17, 15) is 9.59 Å². The first-order valence-electron chi connectivity index (χ1n) is 9.57. The number of piperidine rings is 2. The van der Waals surface area contributed by atoms with Crippen molar-refractivity contribution in [1.82, 2.24) is 9.80 Å². The lowest BCUT2D eigenvalue weighted by Crippen LogP contribution is -2.47. The van der Waals surface area contributed by atoms with Gasteiger partial charge in [0, 0.05) is 44.6 Å². The van der Waals surface area contributed by atoms with Crippen LogP contribution < -0.4 is 0 Å². The van der Waals surface area contributed by atoms with E-state index in [4.69, 9.17) is 9.47 Å². The molecule has 25 heavy (non-hydrogen) atoms. The molecule has 1 unspecified atom stereocenters. The summed E-state index contributed by atoms with van der Waals surface area (Å²) in [6, 6.07) is 0. The number of hydrogen-bond acceptors (Lipinski definition) is 4. The van der Waals surface area contributed by atoms with Gasteiger partial charge in [0.25, 0.3) is 0 Å². The first kappa shape index (κ1) is 18.4. The van der Waals surface area contributed by atoms with Crippen molar-refractivity contribution < 1.29 is 19.1 Å². The molecule has 3 fully saturated rings. The van der Waals surface area contributed by atoms with E-state index in [1.165, 1.54) is 6.08 Å². The lowest BCUT2D eigenvalue weighted by molar-refractivity contribution is -0.141. The van der Waals surface area contributed by atoms with Gasteiger partial charge >= 0.3 is 0 Å². The van der Waals surface area contributed by atoms with Gasteiger partial charge in [-0.25, -0.2) is 0 Å². The quantitative estimate of drug-likeness (QED) is 0.704. The molecule has 0 aromatic rings. The Hall–Kier alpha value is -1.40. The van der Waals surface area contributed by atoms with Gasteiger partial charge in [-0.2, -0.15) is 0 Å². The van der Waals surface area contributed by atoms with E-state index in [1.807, 2.05) is 4.90 Å². The van der Waals surface area contributed by atoms with Crippen LogP contribution in [0.15, 0.2) is 12.7 Å². The van der Waals surface area contributed by atoms with E-state index in [-0.39, 0.29) is 23.8 Å². The van der Waals surface area contributed by atoms with Crippen molar-refractivity contribution in [3.63, 3.8) is 0 Å². The highest BCUT2D eigenvalue weighted by atomic mass is 16.5. The van der Waals surface area contributed by atoms with Gasteiger partial charge in [0.05, 0.1) is 19.3 Å². The fourth-order valence-corrected chi connectivity index (χ4v) is 3.96. The summed E-state index contributed by atoms with van der Waals surface area (Å²) in [7, 11) is 0. The van der Waals surface area contributed by atoms with Crippen molar-refractivity contribution in [1.29, 1.82) is 0 Å². The van der Waals surface area contributed by atoms with E-state index < -0.39 is 0 Å². The molecule has 3 aliphatic rings. The molecule has 0 aromatic heterocycles. The monoisotopic (exact) mass is 350 g/mol. The van der Waals surface area contributed by atoms with Crippen LogP contribution >= 0.6 is 0 Å². The van der Waals surface area contributed by atoms with Crippen LogP contribution in [0.25, 0.3) is 0 Å². The Morgan fingerprint density at radius 3 is 2.32 bits per heavy atom. The number of amides is 2. The Balaban J connectivity index is 1.37. The van der Waals surface area contributed by atoms with E-state index in [0.29, 0.717) is 19.0 Å². The van der Waals surface area contributed by atoms with Crippen molar-refractivity contribution in [2.45, 2.75) is 38.2 Å². The minimum atomic E-state index is -0.0310. The van der Waals surface area contributed by atoms with E-state index in [2.05, 4.69) is 6.58 Å². The van der Waals surface area contributed by atoms with Crippen molar-refractivity contribution in [3.8, 4) is 0 Å². The zero-order valence-corrected chi connectivity index (χ0v) is 15.0. The lowest BCUT2D eigenvalue weighted by Gasteiger charge is -2.37. The second-order valence-electron chi connectivity index (χ2n) is 7.39. The maximum atomic E-state index is 12.7. The van der Waals surface area contributed by atoms with Gasteiger partial charge in [-0.3, -0.25) is 9.59 Å². The summed E-state index contributed by atoms with van der Waals surface area (Å²) < 4.78 is 11.4. The number of hydrogen-bond donors (Lipinski definition) is 0. The number of nitrogens with zero attached hydrogens (tertiary/aromatic N) is 2. The third-order valence-corrected chi connectivity index (χ3v) is 5.68. The topological polar surface area (TPSA) is 59.1 Å². The minimum Gasteiger partial charge on any atom is -0.381 e.